The van der Waals surface area contributed by atoms with Crippen molar-refractivity contribution >= 4 is 40.0 Å². The molecule has 0 unspecified atom stereocenters. The molecule has 2 aromatic heterocycles. The van der Waals surface area contributed by atoms with Gasteiger partial charge in [-0.05, 0) is 66.7 Å². The van der Waals surface area contributed by atoms with Gasteiger partial charge in [-0.1, -0.05) is 6.07 Å². The molecule has 0 spiro atoms. The van der Waals surface area contributed by atoms with Crippen molar-refractivity contribution < 1.29 is 28.2 Å². The summed E-state index contributed by atoms with van der Waals surface area (Å²) >= 11 is 0. The van der Waals surface area contributed by atoms with Gasteiger partial charge >= 0.3 is 6.03 Å². The highest BCUT2D eigenvalue weighted by Gasteiger charge is 2.20. The van der Waals surface area contributed by atoms with Gasteiger partial charge in [0, 0.05) is 55.1 Å². The Labute approximate surface area is 258 Å². The Kier molecular flexibility index (Phi) is 8.41. The van der Waals surface area contributed by atoms with Gasteiger partial charge in [0.15, 0.2) is 5.82 Å². The monoisotopic (exact) mass is 610 g/mol. The number of ether oxygens (including phenoxy) is 1. The Bertz CT molecular complexity index is 1870. The molecule has 45 heavy (non-hydrogen) atoms. The molecule has 0 bridgehead atoms. The molecule has 3 aromatic carbocycles. The Hall–Kier alpha value is -5.33. The maximum Gasteiger partial charge on any atom is 0.323 e. The summed E-state index contributed by atoms with van der Waals surface area (Å²) in [5.74, 6) is 1.22. The number of fused-ring (bicyclic) bond motifs is 1. The number of furan rings is 1. The fourth-order valence-corrected chi connectivity index (χ4v) is 5.03. The molecule has 1 aliphatic heterocycles. The molecule has 230 valence electrons. The quantitative estimate of drug-likeness (QED) is 0.224. The summed E-state index contributed by atoms with van der Waals surface area (Å²) in [5.41, 5.74) is 2.93. The van der Waals surface area contributed by atoms with E-state index < -0.39 is 17.8 Å². The molecule has 6 rings (SSSR count). The molecule has 3 heterocycles. The number of amides is 3. The number of nitrogens with zero attached hydrogens (tertiary/aromatic N) is 4. The van der Waals surface area contributed by atoms with Crippen LogP contribution in [0.3, 0.4) is 0 Å². The number of carbonyl (C=O) groups is 2. The fraction of sp³-hybridized carbons (Fsp3) is 0.212. The summed E-state index contributed by atoms with van der Waals surface area (Å²) in [5, 5.41) is 15.6. The zero-order valence-corrected chi connectivity index (χ0v) is 24.7. The summed E-state index contributed by atoms with van der Waals surface area (Å²) in [6.45, 7) is 2.41. The van der Waals surface area contributed by atoms with E-state index in [4.69, 9.17) is 19.1 Å². The molecule has 3 N–H and O–H groups in total. The van der Waals surface area contributed by atoms with Gasteiger partial charge in [0.25, 0.3) is 5.91 Å². The summed E-state index contributed by atoms with van der Waals surface area (Å²) in [6.07, 6.45) is 0. The van der Waals surface area contributed by atoms with Gasteiger partial charge in [0.1, 0.15) is 29.8 Å². The van der Waals surface area contributed by atoms with E-state index in [9.17, 15) is 19.1 Å². The first-order valence-corrected chi connectivity index (χ1v) is 14.3. The standard InChI is InChI=1S/C33H31FN6O5/c1-39(2)32(42)25-11-8-23(18-27(25)34)36-33(43)35-22-6-3-20(4-7-22)30-37-28-17-21(29-12-9-24(19-41)45-29)5-10-26(28)31(38-30)40-13-15-44-16-14-40/h3-12,17-18,41H,13-16,19H2,1-2H3,(H2,35,36,43). The van der Waals surface area contributed by atoms with Gasteiger partial charge < -0.3 is 34.7 Å². The van der Waals surface area contributed by atoms with Crippen LogP contribution in [-0.4, -0.2) is 72.3 Å². The minimum absolute atomic E-state index is 0.0812. The van der Waals surface area contributed by atoms with E-state index in [-0.39, 0.29) is 17.9 Å². The highest BCUT2D eigenvalue weighted by atomic mass is 19.1. The number of hydrogen-bond acceptors (Lipinski definition) is 8. The van der Waals surface area contributed by atoms with Crippen molar-refractivity contribution in [1.82, 2.24) is 14.9 Å². The fourth-order valence-electron chi connectivity index (χ4n) is 5.03. The number of nitrogens with one attached hydrogen (secondary N) is 2. The average molecular weight is 611 g/mol. The molecule has 0 radical (unpaired) electrons. The summed E-state index contributed by atoms with van der Waals surface area (Å²) < 4.78 is 25.8. The molecule has 11 nitrogen and oxygen atoms in total. The SMILES string of the molecule is CN(C)C(=O)c1ccc(NC(=O)Nc2ccc(-c3nc(N4CCOCC4)c4ccc(-c5ccc(CO)o5)cc4n3)cc2)cc1F. The predicted octanol–water partition coefficient (Wildman–Crippen LogP) is 5.37. The third-order valence-electron chi connectivity index (χ3n) is 7.35. The number of carbonyl (C=O) groups excluding carboxylic acids is 2. The van der Waals surface area contributed by atoms with Crippen molar-refractivity contribution in [2.24, 2.45) is 0 Å². The molecule has 0 saturated carbocycles. The number of rotatable bonds is 7. The van der Waals surface area contributed by atoms with E-state index in [2.05, 4.69) is 15.5 Å². The van der Waals surface area contributed by atoms with Crippen LogP contribution in [0.25, 0.3) is 33.6 Å². The first kappa shape index (κ1) is 29.7. The average Bonchev–Trinajstić information content (AvgIpc) is 3.54. The highest BCUT2D eigenvalue weighted by Crippen LogP contribution is 2.32. The van der Waals surface area contributed by atoms with Crippen molar-refractivity contribution in [3.05, 3.63) is 89.9 Å². The summed E-state index contributed by atoms with van der Waals surface area (Å²) in [7, 11) is 3.07. The second-order valence-corrected chi connectivity index (χ2v) is 10.7. The van der Waals surface area contributed by atoms with E-state index in [0.29, 0.717) is 49.3 Å². The van der Waals surface area contributed by atoms with E-state index in [1.165, 1.54) is 31.1 Å². The Morgan fingerprint density at radius 2 is 1.62 bits per heavy atom. The lowest BCUT2D eigenvalue weighted by Gasteiger charge is -2.29. The zero-order valence-electron chi connectivity index (χ0n) is 24.7. The second kappa shape index (κ2) is 12.7. The molecule has 12 heteroatoms. The van der Waals surface area contributed by atoms with E-state index in [1.807, 2.05) is 36.4 Å². The number of hydrogen-bond donors (Lipinski definition) is 3. The lowest BCUT2D eigenvalue weighted by atomic mass is 10.1. The van der Waals surface area contributed by atoms with Crippen molar-refractivity contribution in [2.75, 3.05) is 55.9 Å². The second-order valence-electron chi connectivity index (χ2n) is 10.7. The van der Waals surface area contributed by atoms with Crippen molar-refractivity contribution in [1.29, 1.82) is 0 Å². The van der Waals surface area contributed by atoms with Crippen LogP contribution in [0.2, 0.25) is 0 Å². The predicted molar refractivity (Wildman–Crippen MR) is 169 cm³/mol. The first-order chi connectivity index (χ1) is 21.8. The maximum atomic E-state index is 14.5. The van der Waals surface area contributed by atoms with Gasteiger partial charge in [0.2, 0.25) is 0 Å². The molecular formula is C33H31FN6O5. The van der Waals surface area contributed by atoms with Crippen molar-refractivity contribution in [3.8, 4) is 22.7 Å². The molecule has 0 aliphatic carbocycles. The third kappa shape index (κ3) is 6.47. The number of aromatic nitrogens is 2. The lowest BCUT2D eigenvalue weighted by Crippen LogP contribution is -2.37. The topological polar surface area (TPSA) is 133 Å². The van der Waals surface area contributed by atoms with E-state index in [0.717, 1.165) is 33.9 Å². The Morgan fingerprint density at radius 3 is 2.31 bits per heavy atom. The lowest BCUT2D eigenvalue weighted by molar-refractivity contribution is 0.0823. The summed E-state index contributed by atoms with van der Waals surface area (Å²) in [4.78, 5) is 38.0. The van der Waals surface area contributed by atoms with Crippen LogP contribution in [0, 0.1) is 5.82 Å². The first-order valence-electron chi connectivity index (χ1n) is 14.3. The van der Waals surface area contributed by atoms with Gasteiger partial charge in [-0.15, -0.1) is 0 Å². The molecule has 5 aromatic rings. The number of aliphatic hydroxyl groups excluding tert-OH is 1. The van der Waals surface area contributed by atoms with Crippen molar-refractivity contribution in [3.63, 3.8) is 0 Å². The highest BCUT2D eigenvalue weighted by molar-refractivity contribution is 6.01. The molecule has 3 amide bonds. The van der Waals surface area contributed by atoms with Crippen LogP contribution in [0.1, 0.15) is 16.1 Å². The number of urea groups is 1. The number of aliphatic hydroxyl groups is 1. The molecule has 0 atom stereocenters. The molecular weight excluding hydrogens is 579 g/mol. The minimum Gasteiger partial charge on any atom is -0.459 e. The number of benzene rings is 3. The molecule has 1 saturated heterocycles. The van der Waals surface area contributed by atoms with Gasteiger partial charge in [-0.3, -0.25) is 4.79 Å². The smallest absolute Gasteiger partial charge is 0.323 e. The van der Waals surface area contributed by atoms with Crippen molar-refractivity contribution in [2.45, 2.75) is 6.61 Å². The van der Waals surface area contributed by atoms with Gasteiger partial charge in [-0.2, -0.15) is 0 Å². The van der Waals surface area contributed by atoms with Gasteiger partial charge in [-0.25, -0.2) is 19.2 Å². The minimum atomic E-state index is -0.728. The number of morpholine rings is 1. The molecule has 1 aliphatic rings. The van der Waals surface area contributed by atoms with E-state index in [1.54, 1.807) is 18.2 Å². The Morgan fingerprint density at radius 1 is 0.911 bits per heavy atom. The van der Waals surface area contributed by atoms with Gasteiger partial charge in [0.05, 0.1) is 24.3 Å². The van der Waals surface area contributed by atoms with Crippen LogP contribution in [0.4, 0.5) is 26.4 Å². The Balaban J connectivity index is 1.24. The van der Waals surface area contributed by atoms with Crippen LogP contribution >= 0.6 is 0 Å². The summed E-state index contributed by atoms with van der Waals surface area (Å²) in [6, 6.07) is 19.8. The largest absolute Gasteiger partial charge is 0.459 e. The van der Waals surface area contributed by atoms with Crippen LogP contribution in [0.5, 0.6) is 0 Å². The maximum absolute atomic E-state index is 14.5. The normalized spacial score (nSPS) is 13.1. The zero-order chi connectivity index (χ0) is 31.5. The van der Waals surface area contributed by atoms with Crippen LogP contribution in [0.15, 0.2) is 77.2 Å². The third-order valence-corrected chi connectivity index (χ3v) is 7.35. The number of halogens is 1. The van der Waals surface area contributed by atoms with Crippen LogP contribution in [-0.2, 0) is 11.3 Å². The molecule has 1 fully saturated rings. The van der Waals surface area contributed by atoms with Crippen LogP contribution < -0.4 is 15.5 Å². The number of anilines is 3. The van der Waals surface area contributed by atoms with E-state index >= 15 is 0 Å².